The number of rotatable bonds is 3. The van der Waals surface area contributed by atoms with Crippen LogP contribution in [0.25, 0.3) is 0 Å². The first kappa shape index (κ1) is 12.0. The van der Waals surface area contributed by atoms with E-state index in [-0.39, 0.29) is 6.04 Å². The Bertz CT molecular complexity index is 514. The van der Waals surface area contributed by atoms with Gasteiger partial charge >= 0.3 is 0 Å². The summed E-state index contributed by atoms with van der Waals surface area (Å²) in [7, 11) is 0. The van der Waals surface area contributed by atoms with E-state index in [1.165, 1.54) is 0 Å². The molecule has 0 aliphatic heterocycles. The molecule has 3 nitrogen and oxygen atoms in total. The molecule has 1 unspecified atom stereocenters. The molecular formula is C13H14ClN3. The van der Waals surface area contributed by atoms with Crippen molar-refractivity contribution in [2.75, 3.05) is 0 Å². The molecule has 0 spiro atoms. The van der Waals surface area contributed by atoms with Crippen molar-refractivity contribution < 1.29 is 0 Å². The number of pyridine rings is 1. The van der Waals surface area contributed by atoms with E-state index in [1.807, 2.05) is 43.3 Å². The van der Waals surface area contributed by atoms with E-state index in [9.17, 15) is 0 Å². The number of nitrogens with two attached hydrogens (primary N) is 1. The molecule has 0 amide bonds. The summed E-state index contributed by atoms with van der Waals surface area (Å²) in [5.41, 5.74) is 5.84. The fourth-order valence-electron chi connectivity index (χ4n) is 1.85. The lowest BCUT2D eigenvalue weighted by Crippen LogP contribution is -2.29. The van der Waals surface area contributed by atoms with Gasteiger partial charge in [-0.15, -0.1) is 0 Å². The van der Waals surface area contributed by atoms with Crippen LogP contribution in [0.1, 0.15) is 22.9 Å². The van der Waals surface area contributed by atoms with Crippen LogP contribution in [-0.4, -0.2) is 4.98 Å². The van der Waals surface area contributed by atoms with Gasteiger partial charge in [-0.1, -0.05) is 29.8 Å². The van der Waals surface area contributed by atoms with Crippen LogP contribution in [0.15, 0.2) is 42.6 Å². The van der Waals surface area contributed by atoms with Gasteiger partial charge in [-0.05, 0) is 36.2 Å². The Labute approximate surface area is 106 Å². The Morgan fingerprint density at radius 1 is 1.29 bits per heavy atom. The third kappa shape index (κ3) is 2.64. The molecule has 0 fully saturated rings. The summed E-state index contributed by atoms with van der Waals surface area (Å²) >= 11 is 5.99. The van der Waals surface area contributed by atoms with Crippen molar-refractivity contribution in [2.45, 2.75) is 13.0 Å². The summed E-state index contributed by atoms with van der Waals surface area (Å²) < 4.78 is 0. The summed E-state index contributed by atoms with van der Waals surface area (Å²) in [6, 6.07) is 11.5. The zero-order valence-electron chi connectivity index (χ0n) is 9.52. The van der Waals surface area contributed by atoms with Crippen molar-refractivity contribution in [3.05, 3.63) is 64.4 Å². The molecule has 1 atom stereocenters. The van der Waals surface area contributed by atoms with Gasteiger partial charge in [0, 0.05) is 16.9 Å². The maximum Gasteiger partial charge on any atom is 0.0728 e. The van der Waals surface area contributed by atoms with Crippen LogP contribution in [0.2, 0.25) is 5.02 Å². The number of hydrazine groups is 1. The maximum atomic E-state index is 5.99. The summed E-state index contributed by atoms with van der Waals surface area (Å²) in [6.45, 7) is 1.96. The highest BCUT2D eigenvalue weighted by Gasteiger charge is 2.14. The SMILES string of the molecule is Cc1ncccc1C(NN)c1cccc(Cl)c1. The number of nitrogens with one attached hydrogen (secondary N) is 1. The van der Waals surface area contributed by atoms with Gasteiger partial charge < -0.3 is 0 Å². The van der Waals surface area contributed by atoms with E-state index in [4.69, 9.17) is 17.4 Å². The average Bonchev–Trinajstić information content (AvgIpc) is 2.33. The molecule has 2 aromatic rings. The van der Waals surface area contributed by atoms with E-state index >= 15 is 0 Å². The fraction of sp³-hybridized carbons (Fsp3) is 0.154. The smallest absolute Gasteiger partial charge is 0.0728 e. The molecule has 1 heterocycles. The average molecular weight is 248 g/mol. The minimum Gasteiger partial charge on any atom is -0.271 e. The Hall–Kier alpha value is -1.42. The second-order valence-electron chi connectivity index (χ2n) is 3.83. The molecule has 88 valence electrons. The monoisotopic (exact) mass is 247 g/mol. The molecular weight excluding hydrogens is 234 g/mol. The van der Waals surface area contributed by atoms with Gasteiger partial charge in [-0.25, -0.2) is 5.43 Å². The first-order valence-electron chi connectivity index (χ1n) is 5.35. The minimum atomic E-state index is -0.0950. The van der Waals surface area contributed by atoms with Gasteiger partial charge in [-0.3, -0.25) is 10.8 Å². The minimum absolute atomic E-state index is 0.0950. The van der Waals surface area contributed by atoms with E-state index in [0.29, 0.717) is 5.02 Å². The summed E-state index contributed by atoms with van der Waals surface area (Å²) in [5, 5.41) is 0.698. The Morgan fingerprint density at radius 2 is 2.12 bits per heavy atom. The normalized spacial score (nSPS) is 12.4. The van der Waals surface area contributed by atoms with Gasteiger partial charge in [-0.2, -0.15) is 0 Å². The zero-order valence-corrected chi connectivity index (χ0v) is 10.3. The lowest BCUT2D eigenvalue weighted by molar-refractivity contribution is 0.630. The summed E-state index contributed by atoms with van der Waals surface area (Å²) in [5.74, 6) is 5.63. The predicted molar refractivity (Wildman–Crippen MR) is 69.6 cm³/mol. The number of hydrogen-bond acceptors (Lipinski definition) is 3. The highest BCUT2D eigenvalue weighted by molar-refractivity contribution is 6.30. The summed E-state index contributed by atoms with van der Waals surface area (Å²) in [6.07, 6.45) is 1.77. The molecule has 0 saturated carbocycles. The lowest BCUT2D eigenvalue weighted by Gasteiger charge is -2.18. The predicted octanol–water partition coefficient (Wildman–Crippen LogP) is 2.60. The molecule has 1 aromatic carbocycles. The van der Waals surface area contributed by atoms with Gasteiger partial charge in [0.15, 0.2) is 0 Å². The molecule has 17 heavy (non-hydrogen) atoms. The van der Waals surface area contributed by atoms with E-state index < -0.39 is 0 Å². The van der Waals surface area contributed by atoms with Crippen LogP contribution < -0.4 is 11.3 Å². The second kappa shape index (κ2) is 5.27. The van der Waals surface area contributed by atoms with E-state index in [1.54, 1.807) is 6.20 Å². The molecule has 0 radical (unpaired) electrons. The highest BCUT2D eigenvalue weighted by Crippen LogP contribution is 2.24. The number of benzene rings is 1. The van der Waals surface area contributed by atoms with Gasteiger partial charge in [0.05, 0.1) is 6.04 Å². The van der Waals surface area contributed by atoms with Crippen molar-refractivity contribution >= 4 is 11.6 Å². The maximum absolute atomic E-state index is 5.99. The van der Waals surface area contributed by atoms with Crippen LogP contribution in [0.5, 0.6) is 0 Å². The first-order chi connectivity index (χ1) is 8.22. The Balaban J connectivity index is 2.44. The fourth-order valence-corrected chi connectivity index (χ4v) is 2.05. The molecule has 4 heteroatoms. The summed E-state index contributed by atoms with van der Waals surface area (Å²) in [4.78, 5) is 4.27. The quantitative estimate of drug-likeness (QED) is 0.648. The number of nitrogens with zero attached hydrogens (tertiary/aromatic N) is 1. The molecule has 2 rings (SSSR count). The molecule has 0 saturated heterocycles. The van der Waals surface area contributed by atoms with Crippen LogP contribution in [0.3, 0.4) is 0 Å². The molecule has 0 aliphatic rings. The van der Waals surface area contributed by atoms with E-state index in [0.717, 1.165) is 16.8 Å². The number of aryl methyl sites for hydroxylation is 1. The molecule has 3 N–H and O–H groups in total. The molecule has 0 aliphatic carbocycles. The van der Waals surface area contributed by atoms with Crippen molar-refractivity contribution in [2.24, 2.45) is 5.84 Å². The van der Waals surface area contributed by atoms with Crippen molar-refractivity contribution in [3.8, 4) is 0 Å². The van der Waals surface area contributed by atoms with Crippen LogP contribution in [0, 0.1) is 6.92 Å². The molecule has 1 aromatic heterocycles. The standard InChI is InChI=1S/C13H14ClN3/c1-9-12(6-3-7-16-9)13(17-15)10-4-2-5-11(14)8-10/h2-8,13,17H,15H2,1H3. The van der Waals surface area contributed by atoms with Gasteiger partial charge in [0.25, 0.3) is 0 Å². The number of halogens is 1. The zero-order chi connectivity index (χ0) is 12.3. The largest absolute Gasteiger partial charge is 0.271 e. The highest BCUT2D eigenvalue weighted by atomic mass is 35.5. The van der Waals surface area contributed by atoms with Crippen molar-refractivity contribution in [1.29, 1.82) is 0 Å². The third-order valence-electron chi connectivity index (χ3n) is 2.71. The van der Waals surface area contributed by atoms with Gasteiger partial charge in [0.2, 0.25) is 0 Å². The van der Waals surface area contributed by atoms with Crippen LogP contribution in [-0.2, 0) is 0 Å². The molecule has 0 bridgehead atoms. The Kier molecular flexibility index (Phi) is 3.74. The number of hydrogen-bond donors (Lipinski definition) is 2. The first-order valence-corrected chi connectivity index (χ1v) is 5.73. The topological polar surface area (TPSA) is 50.9 Å². The Morgan fingerprint density at radius 3 is 2.76 bits per heavy atom. The van der Waals surface area contributed by atoms with E-state index in [2.05, 4.69) is 10.4 Å². The van der Waals surface area contributed by atoms with Crippen molar-refractivity contribution in [1.82, 2.24) is 10.4 Å². The van der Waals surface area contributed by atoms with Crippen LogP contribution >= 0.6 is 11.6 Å². The van der Waals surface area contributed by atoms with Gasteiger partial charge in [0.1, 0.15) is 0 Å². The van der Waals surface area contributed by atoms with Crippen LogP contribution in [0.4, 0.5) is 0 Å². The second-order valence-corrected chi connectivity index (χ2v) is 4.27. The third-order valence-corrected chi connectivity index (χ3v) is 2.94. The lowest BCUT2D eigenvalue weighted by atomic mass is 9.98. The number of aromatic nitrogens is 1. The van der Waals surface area contributed by atoms with Crippen molar-refractivity contribution in [3.63, 3.8) is 0 Å².